The van der Waals surface area contributed by atoms with E-state index < -0.39 is 160 Å². The molecule has 0 aromatic rings. The topological polar surface area (TPSA) is 307 Å². The zero-order valence-corrected chi connectivity index (χ0v) is 44.3. The third kappa shape index (κ3) is 24.4. The molecule has 0 bridgehead atoms. The van der Waals surface area contributed by atoms with Crippen LogP contribution in [0.2, 0.25) is 0 Å². The molecular weight excluding hydrogens is 953 g/mol. The summed E-state index contributed by atoms with van der Waals surface area (Å²) < 4.78 is 5.18. The van der Waals surface area contributed by atoms with Crippen molar-refractivity contribution in [3.8, 4) is 0 Å². The summed E-state index contributed by atoms with van der Waals surface area (Å²) in [5, 5.41) is 8.84. The predicted molar refractivity (Wildman–Crippen MR) is 254 cm³/mol. The standard InChI is InChI=1S/C44H74N12O16/c1-44(2,3)72-43(71)17-16-30(57)45(4)18-31(58)46(5)19-32(59)47(6)20-33(60)48(7)21-34(61)49(8)22-35(62)50(9)23-36(63)51(10)24-37(64)52(11)25-38(65)53(12)26-39(66)54(13)27-40(67)55(14)28-41(68)56(15)29-42(69)70/h16-29H2,1-15H3,(H,69,70). The van der Waals surface area contributed by atoms with E-state index in [9.17, 15) is 67.1 Å². The lowest BCUT2D eigenvalue weighted by Crippen LogP contribution is -2.49. The molecule has 0 aliphatic carbocycles. The molecule has 0 radical (unpaired) electrons. The number of carboxylic acid groups (broad SMARTS) is 1. The molecule has 28 nitrogen and oxygen atoms in total. The first-order valence-electron chi connectivity index (χ1n) is 22.3. The molecule has 0 saturated carbocycles. The Balaban J connectivity index is 4.93. The van der Waals surface area contributed by atoms with Crippen LogP contribution in [0.1, 0.15) is 33.6 Å². The Bertz CT molecular complexity index is 2040. The second-order valence-corrected chi connectivity index (χ2v) is 18.5. The normalized spacial score (nSPS) is 10.7. The fourth-order valence-electron chi connectivity index (χ4n) is 5.61. The first-order valence-corrected chi connectivity index (χ1v) is 22.3. The van der Waals surface area contributed by atoms with Crippen LogP contribution >= 0.6 is 0 Å². The summed E-state index contributed by atoms with van der Waals surface area (Å²) in [5.41, 5.74) is -0.714. The van der Waals surface area contributed by atoms with Gasteiger partial charge in [-0.2, -0.15) is 0 Å². The number of aliphatic carboxylic acids is 1. The van der Waals surface area contributed by atoms with Crippen molar-refractivity contribution >= 4 is 82.8 Å². The molecular formula is C44H74N12O16. The Labute approximate surface area is 420 Å². The van der Waals surface area contributed by atoms with Crippen LogP contribution in [-0.4, -0.2) is 315 Å². The quantitative estimate of drug-likeness (QED) is 0.0752. The van der Waals surface area contributed by atoms with Crippen molar-refractivity contribution in [1.82, 2.24) is 58.8 Å². The van der Waals surface area contributed by atoms with Crippen LogP contribution in [0.5, 0.6) is 0 Å². The Hall–Kier alpha value is -7.42. The Morgan fingerprint density at radius 1 is 0.278 bits per heavy atom. The minimum atomic E-state index is -1.23. The third-order valence-electron chi connectivity index (χ3n) is 10.5. The molecule has 12 amide bonds. The number of nitrogens with zero attached hydrogens (tertiary/aromatic N) is 12. The highest BCUT2D eigenvalue weighted by Gasteiger charge is 2.28. The van der Waals surface area contributed by atoms with Gasteiger partial charge in [0.1, 0.15) is 12.1 Å². The molecule has 0 aromatic carbocycles. The van der Waals surface area contributed by atoms with E-state index in [1.165, 1.54) is 84.6 Å². The molecule has 0 rings (SSSR count). The van der Waals surface area contributed by atoms with E-state index in [0.717, 1.165) is 58.8 Å². The lowest BCUT2D eigenvalue weighted by molar-refractivity contribution is -0.156. The van der Waals surface area contributed by atoms with Crippen molar-refractivity contribution in [3.63, 3.8) is 0 Å². The van der Waals surface area contributed by atoms with E-state index in [4.69, 9.17) is 9.84 Å². The fourth-order valence-corrected chi connectivity index (χ4v) is 5.61. The van der Waals surface area contributed by atoms with Crippen LogP contribution in [0, 0.1) is 0 Å². The van der Waals surface area contributed by atoms with Crippen molar-refractivity contribution in [1.29, 1.82) is 0 Å². The van der Waals surface area contributed by atoms with E-state index >= 15 is 0 Å². The highest BCUT2D eigenvalue weighted by atomic mass is 16.6. The molecule has 28 heteroatoms. The maximum absolute atomic E-state index is 13.0. The lowest BCUT2D eigenvalue weighted by atomic mass is 10.2. The zero-order valence-electron chi connectivity index (χ0n) is 44.3. The molecule has 0 aliphatic heterocycles. The van der Waals surface area contributed by atoms with Crippen LogP contribution in [-0.2, 0) is 71.9 Å². The largest absolute Gasteiger partial charge is 0.480 e. The van der Waals surface area contributed by atoms with Crippen LogP contribution in [0.4, 0.5) is 0 Å². The minimum absolute atomic E-state index is 0.174. The van der Waals surface area contributed by atoms with Gasteiger partial charge in [0.25, 0.3) is 0 Å². The number of amides is 12. The Morgan fingerprint density at radius 3 is 0.583 bits per heavy atom. The van der Waals surface area contributed by atoms with E-state index in [0.29, 0.717) is 0 Å². The van der Waals surface area contributed by atoms with Crippen molar-refractivity contribution in [3.05, 3.63) is 0 Å². The molecule has 0 fully saturated rings. The molecule has 1 N–H and O–H groups in total. The molecule has 72 heavy (non-hydrogen) atoms. The molecule has 0 heterocycles. The number of rotatable bonds is 27. The van der Waals surface area contributed by atoms with Crippen molar-refractivity contribution in [2.75, 3.05) is 163 Å². The number of carbonyl (C=O) groups is 14. The molecule has 0 aromatic heterocycles. The number of carbonyl (C=O) groups excluding carboxylic acids is 13. The predicted octanol–water partition coefficient (Wildman–Crippen LogP) is -5.31. The van der Waals surface area contributed by atoms with Gasteiger partial charge in [0.2, 0.25) is 70.9 Å². The highest BCUT2D eigenvalue weighted by molar-refractivity contribution is 5.94. The van der Waals surface area contributed by atoms with Crippen LogP contribution in [0.3, 0.4) is 0 Å². The lowest BCUT2D eigenvalue weighted by Gasteiger charge is -2.27. The molecule has 0 spiro atoms. The van der Waals surface area contributed by atoms with Gasteiger partial charge in [-0.1, -0.05) is 0 Å². The number of hydrogen-bond donors (Lipinski definition) is 1. The minimum Gasteiger partial charge on any atom is -0.480 e. The fraction of sp³-hybridized carbons (Fsp3) is 0.682. The first-order chi connectivity index (χ1) is 33.0. The molecule has 0 saturated heterocycles. The second-order valence-electron chi connectivity index (χ2n) is 18.5. The van der Waals surface area contributed by atoms with Gasteiger partial charge in [0.15, 0.2) is 0 Å². The first kappa shape index (κ1) is 64.6. The summed E-state index contributed by atoms with van der Waals surface area (Å²) in [5.74, 6) is -9.30. The average Bonchev–Trinajstić information content (AvgIpc) is 3.26. The van der Waals surface area contributed by atoms with Crippen molar-refractivity contribution in [2.24, 2.45) is 0 Å². The summed E-state index contributed by atoms with van der Waals surface area (Å²) >= 11 is 0. The number of likely N-dealkylation sites (N-methyl/N-ethyl adjacent to an activating group) is 12. The van der Waals surface area contributed by atoms with Crippen molar-refractivity contribution in [2.45, 2.75) is 39.2 Å². The number of hydrogen-bond acceptors (Lipinski definition) is 15. The Morgan fingerprint density at radius 2 is 0.431 bits per heavy atom. The molecule has 406 valence electrons. The van der Waals surface area contributed by atoms with Gasteiger partial charge in [0.05, 0.1) is 78.4 Å². The van der Waals surface area contributed by atoms with Gasteiger partial charge < -0.3 is 68.6 Å². The summed E-state index contributed by atoms with van der Waals surface area (Å²) in [7, 11) is 15.7. The summed E-state index contributed by atoms with van der Waals surface area (Å²) in [6, 6.07) is 0. The van der Waals surface area contributed by atoms with Crippen LogP contribution < -0.4 is 0 Å². The molecule has 0 aliphatic rings. The van der Waals surface area contributed by atoms with E-state index in [1.807, 2.05) is 0 Å². The second kappa shape index (κ2) is 29.7. The Kier molecular flexibility index (Phi) is 26.6. The third-order valence-corrected chi connectivity index (χ3v) is 10.5. The van der Waals surface area contributed by atoms with Gasteiger partial charge in [0, 0.05) is 91.0 Å². The SMILES string of the molecule is CN(CC(=O)O)C(=O)CN(C)C(=O)CN(C)C(=O)CN(C)C(=O)CN(C)C(=O)CN(C)C(=O)CN(C)C(=O)CN(C)C(=O)CN(C)C(=O)CN(C)C(=O)CN(C)C(=O)CN(C)C(=O)CCC(=O)OC(C)(C)C. The summed E-state index contributed by atoms with van der Waals surface area (Å²) in [6.07, 6.45) is -0.355. The van der Waals surface area contributed by atoms with E-state index in [2.05, 4.69) is 0 Å². The smallest absolute Gasteiger partial charge is 0.323 e. The summed E-state index contributed by atoms with van der Waals surface area (Å²) in [6.45, 7) is -0.541. The van der Waals surface area contributed by atoms with Gasteiger partial charge in [-0.15, -0.1) is 0 Å². The monoisotopic (exact) mass is 1030 g/mol. The number of carboxylic acids is 1. The van der Waals surface area contributed by atoms with E-state index in [-0.39, 0.29) is 19.4 Å². The van der Waals surface area contributed by atoms with Crippen molar-refractivity contribution < 1.29 is 77.0 Å². The van der Waals surface area contributed by atoms with Gasteiger partial charge in [-0.3, -0.25) is 67.1 Å². The van der Waals surface area contributed by atoms with E-state index in [1.54, 1.807) is 20.8 Å². The molecule has 0 unspecified atom stereocenters. The number of esters is 1. The maximum Gasteiger partial charge on any atom is 0.323 e. The van der Waals surface area contributed by atoms with Gasteiger partial charge >= 0.3 is 11.9 Å². The maximum atomic E-state index is 13.0. The number of ether oxygens (including phenoxy) is 1. The summed E-state index contributed by atoms with van der Waals surface area (Å²) in [4.78, 5) is 188. The average molecular weight is 1030 g/mol. The highest BCUT2D eigenvalue weighted by Crippen LogP contribution is 2.10. The molecule has 0 atom stereocenters. The van der Waals surface area contributed by atoms with Gasteiger partial charge in [-0.05, 0) is 20.8 Å². The zero-order chi connectivity index (χ0) is 56.1. The van der Waals surface area contributed by atoms with Crippen LogP contribution in [0.15, 0.2) is 0 Å². The van der Waals surface area contributed by atoms with Gasteiger partial charge in [-0.25, -0.2) is 0 Å². The van der Waals surface area contributed by atoms with Crippen LogP contribution in [0.25, 0.3) is 0 Å².